The Bertz CT molecular complexity index is 2280. The number of rotatable bonds is 6. The number of carbonyl (C=O) groups excluding carboxylic acids is 2. The normalized spacial score (nSPS) is 28.1. The molecule has 0 aromatic heterocycles. The van der Waals surface area contributed by atoms with Crippen LogP contribution in [0.3, 0.4) is 0 Å². The maximum absolute atomic E-state index is 13.5. The first kappa shape index (κ1) is 38.1. The van der Waals surface area contributed by atoms with Crippen molar-refractivity contribution >= 4 is 17.5 Å². The minimum atomic E-state index is -1.05. The Kier molecular flexibility index (Phi) is 9.46. The number of amides is 2. The molecule has 60 heavy (non-hydrogen) atoms. The molecule has 1 aliphatic carbocycles. The van der Waals surface area contributed by atoms with Crippen molar-refractivity contribution in [1.29, 1.82) is 0 Å². The van der Waals surface area contributed by atoms with E-state index in [-0.39, 0.29) is 28.7 Å². The summed E-state index contributed by atoms with van der Waals surface area (Å²) in [4.78, 5) is 32.2. The molecule has 0 saturated carbocycles. The fourth-order valence-corrected chi connectivity index (χ4v) is 12.3. The molecule has 0 radical (unpaired) electrons. The van der Waals surface area contributed by atoms with Crippen molar-refractivity contribution in [3.63, 3.8) is 0 Å². The predicted molar refractivity (Wildman–Crippen MR) is 228 cm³/mol. The van der Waals surface area contributed by atoms with E-state index in [2.05, 4.69) is 81.8 Å². The Morgan fingerprint density at radius 1 is 0.833 bits per heavy atom. The van der Waals surface area contributed by atoms with Gasteiger partial charge in [0, 0.05) is 59.8 Å². The fourth-order valence-electron chi connectivity index (χ4n) is 12.3. The second-order valence-corrected chi connectivity index (χ2v) is 18.9. The number of hydrogen-bond donors (Lipinski definition) is 3. The van der Waals surface area contributed by atoms with E-state index in [0.717, 1.165) is 95.6 Å². The van der Waals surface area contributed by atoms with Crippen LogP contribution in [0.25, 0.3) is 0 Å². The maximum Gasteiger partial charge on any atom is 0.255 e. The van der Waals surface area contributed by atoms with Gasteiger partial charge in [-0.15, -0.1) is 0 Å². The highest BCUT2D eigenvalue weighted by Crippen LogP contribution is 2.51. The lowest BCUT2D eigenvalue weighted by molar-refractivity contribution is -0.129. The topological polar surface area (TPSA) is 115 Å². The number of ether oxygens (including phenoxy) is 2. The zero-order valence-electron chi connectivity index (χ0n) is 34.4. The molecule has 10 heteroatoms. The second-order valence-electron chi connectivity index (χ2n) is 18.9. The zero-order valence-corrected chi connectivity index (χ0v) is 34.4. The molecule has 5 atom stereocenters. The average Bonchev–Trinajstić information content (AvgIpc) is 3.95. The molecule has 0 bridgehead atoms. The SMILES string of the molecule is O=C1CC[C@H](N2Cc3c(ccc4c3OCC43CCN(CC4COC5(CCN(c6ccc([C@@H]7c8ccc(O)cc8CC[C@@H]7c7ccccc7)cc6)CC5)C4)CC3)C2=O)C(O)N1. The number of piperidine rings is 3. The molecule has 2 spiro atoms. The van der Waals surface area contributed by atoms with E-state index in [1.165, 1.54) is 33.5 Å². The van der Waals surface area contributed by atoms with Crippen LogP contribution in [0.4, 0.5) is 5.69 Å². The van der Waals surface area contributed by atoms with Gasteiger partial charge in [-0.05, 0) is 129 Å². The number of aryl methyl sites for hydroxylation is 1. The number of likely N-dealkylation sites (tertiary alicyclic amines) is 1. The van der Waals surface area contributed by atoms with E-state index in [4.69, 9.17) is 9.47 Å². The number of fused-ring (bicyclic) bond motifs is 5. The number of anilines is 1. The zero-order chi connectivity index (χ0) is 40.6. The van der Waals surface area contributed by atoms with E-state index < -0.39 is 12.3 Å². The minimum Gasteiger partial charge on any atom is -0.508 e. The van der Waals surface area contributed by atoms with Crippen LogP contribution >= 0.6 is 0 Å². The van der Waals surface area contributed by atoms with Crippen molar-refractivity contribution in [2.45, 2.75) is 99.5 Å². The molecular weight excluding hydrogens is 753 g/mol. The average molecular weight is 809 g/mol. The van der Waals surface area contributed by atoms with Crippen LogP contribution in [0.15, 0.2) is 84.9 Å². The summed E-state index contributed by atoms with van der Waals surface area (Å²) in [5.74, 6) is 2.13. The number of benzene rings is 4. The highest BCUT2D eigenvalue weighted by molar-refractivity contribution is 6.00. The molecule has 3 N–H and O–H groups in total. The lowest BCUT2D eigenvalue weighted by Crippen LogP contribution is -2.55. The van der Waals surface area contributed by atoms with E-state index in [1.807, 2.05) is 18.2 Å². The molecule has 7 aliphatic rings. The van der Waals surface area contributed by atoms with Gasteiger partial charge in [0.2, 0.25) is 5.91 Å². The van der Waals surface area contributed by atoms with Crippen LogP contribution < -0.4 is 15.0 Å². The Labute approximate surface area is 352 Å². The number of nitrogens with one attached hydrogen (secondary N) is 1. The lowest BCUT2D eigenvalue weighted by Gasteiger charge is -2.41. The molecule has 6 heterocycles. The summed E-state index contributed by atoms with van der Waals surface area (Å²) in [6.07, 6.45) is 7.04. The van der Waals surface area contributed by atoms with Crippen LogP contribution in [0.5, 0.6) is 11.5 Å². The summed E-state index contributed by atoms with van der Waals surface area (Å²) in [6.45, 7) is 7.00. The Morgan fingerprint density at radius 2 is 1.63 bits per heavy atom. The molecule has 2 unspecified atom stereocenters. The molecule has 312 valence electrons. The van der Waals surface area contributed by atoms with Crippen molar-refractivity contribution in [1.82, 2.24) is 15.1 Å². The molecule has 4 aromatic rings. The molecule has 4 fully saturated rings. The Hall–Kier alpha value is -4.90. The standard InChI is InChI=1S/C50H56N4O6/c55-37-11-13-39-35(26-37)8-12-38(33-4-2-1-3-5-33)45(39)34-6-9-36(10-7-34)53-24-20-50(21-25-53)27-32(30-60-50)28-52-22-18-49(19-23-52)31-59-46-41-29-54(43-16-17-44(56)51-47(43)57)48(58)40(41)14-15-42(46)49/h1-7,9-11,13-15,26,32,38,43,45,47,55,57H,8,12,16-25,27-31H2,(H,51,56)/t32?,38-,43+,45+,47?/m1/s1. The number of aliphatic hydroxyl groups is 1. The lowest BCUT2D eigenvalue weighted by atomic mass is 9.69. The molecule has 11 rings (SSSR count). The summed E-state index contributed by atoms with van der Waals surface area (Å²) < 4.78 is 13.2. The summed E-state index contributed by atoms with van der Waals surface area (Å²) in [5, 5.41) is 23.4. The molecule has 4 aromatic carbocycles. The van der Waals surface area contributed by atoms with Gasteiger partial charge >= 0.3 is 0 Å². The predicted octanol–water partition coefficient (Wildman–Crippen LogP) is 6.61. The van der Waals surface area contributed by atoms with Crippen LogP contribution in [-0.4, -0.2) is 95.6 Å². The van der Waals surface area contributed by atoms with E-state index in [0.29, 0.717) is 49.1 Å². The van der Waals surface area contributed by atoms with Gasteiger partial charge in [-0.2, -0.15) is 0 Å². The minimum absolute atomic E-state index is 0.0262. The molecule has 6 aliphatic heterocycles. The van der Waals surface area contributed by atoms with Crippen molar-refractivity contribution in [3.8, 4) is 11.5 Å². The highest BCUT2D eigenvalue weighted by Gasteiger charge is 2.49. The first-order valence-corrected chi connectivity index (χ1v) is 22.4. The maximum atomic E-state index is 13.5. The highest BCUT2D eigenvalue weighted by atomic mass is 16.5. The number of hydrogen-bond acceptors (Lipinski definition) is 8. The molecule has 10 nitrogen and oxygen atoms in total. The van der Waals surface area contributed by atoms with Gasteiger partial charge in [0.25, 0.3) is 5.91 Å². The quantitative estimate of drug-likeness (QED) is 0.200. The third-order valence-electron chi connectivity index (χ3n) is 15.6. The third kappa shape index (κ3) is 6.57. The van der Waals surface area contributed by atoms with Crippen LogP contribution in [-0.2, 0) is 27.9 Å². The van der Waals surface area contributed by atoms with Crippen molar-refractivity contribution < 1.29 is 29.3 Å². The van der Waals surface area contributed by atoms with Gasteiger partial charge in [-0.25, -0.2) is 0 Å². The van der Waals surface area contributed by atoms with Gasteiger partial charge in [0.1, 0.15) is 17.7 Å². The second kappa shape index (κ2) is 14.9. The van der Waals surface area contributed by atoms with Crippen molar-refractivity contribution in [2.75, 3.05) is 50.8 Å². The van der Waals surface area contributed by atoms with E-state index >= 15 is 0 Å². The summed E-state index contributed by atoms with van der Waals surface area (Å²) in [5.41, 5.74) is 9.36. The van der Waals surface area contributed by atoms with Gasteiger partial charge in [0.05, 0.1) is 31.4 Å². The largest absolute Gasteiger partial charge is 0.508 e. The molecule has 4 saturated heterocycles. The first-order chi connectivity index (χ1) is 29.2. The Balaban J connectivity index is 0.696. The van der Waals surface area contributed by atoms with Gasteiger partial charge in [-0.3, -0.25) is 9.59 Å². The summed E-state index contributed by atoms with van der Waals surface area (Å²) in [6, 6.07) is 29.9. The number of phenols is 1. The van der Waals surface area contributed by atoms with Crippen LogP contribution in [0.2, 0.25) is 0 Å². The van der Waals surface area contributed by atoms with Gasteiger partial charge in [0.15, 0.2) is 0 Å². The van der Waals surface area contributed by atoms with Crippen LogP contribution in [0, 0.1) is 5.92 Å². The monoisotopic (exact) mass is 808 g/mol. The van der Waals surface area contributed by atoms with Gasteiger partial charge < -0.3 is 39.7 Å². The number of aliphatic hydroxyl groups excluding tert-OH is 1. The summed E-state index contributed by atoms with van der Waals surface area (Å²) in [7, 11) is 0. The van der Waals surface area contributed by atoms with E-state index in [1.54, 1.807) is 4.90 Å². The number of nitrogens with zero attached hydrogens (tertiary/aromatic N) is 3. The third-order valence-corrected chi connectivity index (χ3v) is 15.6. The van der Waals surface area contributed by atoms with Gasteiger partial charge in [-0.1, -0.05) is 54.6 Å². The van der Waals surface area contributed by atoms with Crippen LogP contribution in [0.1, 0.15) is 107 Å². The molecule has 2 amide bonds. The number of carbonyl (C=O) groups is 2. The molecular formula is C50H56N4O6. The Morgan fingerprint density at radius 3 is 2.42 bits per heavy atom. The summed E-state index contributed by atoms with van der Waals surface area (Å²) >= 11 is 0. The number of aromatic hydroxyl groups is 1. The van der Waals surface area contributed by atoms with Crippen molar-refractivity contribution in [2.24, 2.45) is 5.92 Å². The first-order valence-electron chi connectivity index (χ1n) is 22.4. The van der Waals surface area contributed by atoms with Crippen molar-refractivity contribution in [3.05, 3.63) is 124 Å². The fraction of sp³-hybridized carbons (Fsp3) is 0.480. The van der Waals surface area contributed by atoms with E-state index in [9.17, 15) is 19.8 Å². The number of phenolic OH excluding ortho intramolecular Hbond substituents is 1. The smallest absolute Gasteiger partial charge is 0.255 e.